The molecule has 1 unspecified atom stereocenters. The van der Waals surface area contributed by atoms with Gasteiger partial charge in [0.1, 0.15) is 14.4 Å². The molecule has 2 aliphatic heterocycles. The van der Waals surface area contributed by atoms with Crippen molar-refractivity contribution < 1.29 is 12.8 Å². The second-order valence-corrected chi connectivity index (χ2v) is 11.2. The molecule has 1 aromatic carbocycles. The highest BCUT2D eigenvalue weighted by molar-refractivity contribution is 7.94. The maximum absolute atomic E-state index is 14.2. The van der Waals surface area contributed by atoms with Gasteiger partial charge in [0.05, 0.1) is 16.8 Å². The minimum atomic E-state index is -3.92. The third-order valence-electron chi connectivity index (χ3n) is 5.67. The Labute approximate surface area is 178 Å². The van der Waals surface area contributed by atoms with Gasteiger partial charge in [-0.2, -0.15) is 0 Å². The van der Waals surface area contributed by atoms with Gasteiger partial charge in [0, 0.05) is 5.41 Å². The van der Waals surface area contributed by atoms with E-state index >= 15 is 0 Å². The Balaban J connectivity index is 1.94. The number of hydrogen-bond donors (Lipinski definition) is 1. The third kappa shape index (κ3) is 2.99. The van der Waals surface area contributed by atoms with Crippen LogP contribution in [0.1, 0.15) is 24.8 Å². The maximum atomic E-state index is 14.2. The number of nitrogens with one attached hydrogen (secondary N) is 1. The third-order valence-corrected chi connectivity index (χ3v) is 9.81. The number of piperidine rings is 1. The summed E-state index contributed by atoms with van der Waals surface area (Å²) in [5, 5.41) is 3.53. The molecular weight excluding hydrogens is 442 g/mol. The van der Waals surface area contributed by atoms with Crippen LogP contribution in [0.3, 0.4) is 0 Å². The fourth-order valence-electron chi connectivity index (χ4n) is 4.47. The van der Waals surface area contributed by atoms with Gasteiger partial charge >= 0.3 is 0 Å². The van der Waals surface area contributed by atoms with E-state index in [0.29, 0.717) is 12.1 Å². The summed E-state index contributed by atoms with van der Waals surface area (Å²) >= 11 is 13.0. The summed E-state index contributed by atoms with van der Waals surface area (Å²) in [4.78, 5) is 0. The van der Waals surface area contributed by atoms with Crippen LogP contribution >= 0.6 is 34.5 Å². The molecule has 1 N–H and O–H groups in total. The molecule has 4 nitrogen and oxygen atoms in total. The van der Waals surface area contributed by atoms with Crippen molar-refractivity contribution in [2.75, 3.05) is 17.4 Å². The molecule has 0 bridgehead atoms. The quantitative estimate of drug-likeness (QED) is 0.655. The van der Waals surface area contributed by atoms with Crippen molar-refractivity contribution in [2.24, 2.45) is 0 Å². The lowest BCUT2D eigenvalue weighted by molar-refractivity contribution is 0.273. The standard InChI is InChI=1S/C19H19Cl2FN2O2S2/c1-2-3-16-19(6-8-23-9-7-19)13-10-12(22)4-5-15(13)24(16)28(25,26)17-11-14(20)18(21)27-17/h2,4-5,10-11,16,23H,1,3,6-9H2. The Bertz CT molecular complexity index is 1010. The first-order valence-electron chi connectivity index (χ1n) is 8.92. The van der Waals surface area contributed by atoms with E-state index in [1.165, 1.54) is 22.5 Å². The van der Waals surface area contributed by atoms with E-state index in [4.69, 9.17) is 23.2 Å². The zero-order valence-electron chi connectivity index (χ0n) is 14.9. The van der Waals surface area contributed by atoms with E-state index in [-0.39, 0.29) is 25.4 Å². The predicted octanol–water partition coefficient (Wildman–Crippen LogP) is 4.97. The number of benzene rings is 1. The lowest BCUT2D eigenvalue weighted by Gasteiger charge is -2.41. The number of hydrogen-bond acceptors (Lipinski definition) is 4. The molecular formula is C19H19Cl2FN2O2S2. The van der Waals surface area contributed by atoms with E-state index < -0.39 is 15.4 Å². The molecule has 2 aromatic rings. The van der Waals surface area contributed by atoms with Crippen molar-refractivity contribution in [1.82, 2.24) is 5.32 Å². The first kappa shape index (κ1) is 20.2. The molecule has 1 aromatic heterocycles. The minimum Gasteiger partial charge on any atom is -0.317 e. The van der Waals surface area contributed by atoms with Crippen molar-refractivity contribution in [3.05, 3.63) is 57.7 Å². The Morgan fingerprint density at radius 3 is 2.64 bits per heavy atom. The van der Waals surface area contributed by atoms with Crippen LogP contribution in [-0.2, 0) is 15.4 Å². The van der Waals surface area contributed by atoms with Gasteiger partial charge in [-0.3, -0.25) is 4.31 Å². The van der Waals surface area contributed by atoms with Gasteiger partial charge in [0.2, 0.25) is 0 Å². The van der Waals surface area contributed by atoms with Gasteiger partial charge in [-0.1, -0.05) is 29.3 Å². The molecule has 0 aliphatic carbocycles. The van der Waals surface area contributed by atoms with E-state index in [1.807, 2.05) is 0 Å². The van der Waals surface area contributed by atoms with Gasteiger partial charge in [0.25, 0.3) is 10.0 Å². The molecule has 9 heteroatoms. The number of rotatable bonds is 4. The molecule has 3 heterocycles. The van der Waals surface area contributed by atoms with E-state index in [9.17, 15) is 12.8 Å². The predicted molar refractivity (Wildman–Crippen MR) is 113 cm³/mol. The van der Waals surface area contributed by atoms with Crippen LogP contribution in [-0.4, -0.2) is 27.5 Å². The van der Waals surface area contributed by atoms with Crippen molar-refractivity contribution in [2.45, 2.75) is 34.9 Å². The van der Waals surface area contributed by atoms with Crippen LogP contribution < -0.4 is 9.62 Å². The first-order chi connectivity index (χ1) is 13.3. The van der Waals surface area contributed by atoms with Crippen LogP contribution in [0, 0.1) is 5.82 Å². The summed E-state index contributed by atoms with van der Waals surface area (Å²) in [6.45, 7) is 5.33. The van der Waals surface area contributed by atoms with Gasteiger partial charge in [-0.05, 0) is 62.2 Å². The smallest absolute Gasteiger partial charge is 0.274 e. The van der Waals surface area contributed by atoms with Gasteiger partial charge in [0.15, 0.2) is 0 Å². The zero-order chi connectivity index (χ0) is 20.1. The average Bonchev–Trinajstić information content (AvgIpc) is 3.13. The molecule has 4 rings (SSSR count). The largest absolute Gasteiger partial charge is 0.317 e. The van der Waals surface area contributed by atoms with Gasteiger partial charge in [-0.25, -0.2) is 12.8 Å². The van der Waals surface area contributed by atoms with Crippen LogP contribution in [0.25, 0.3) is 0 Å². The summed E-state index contributed by atoms with van der Waals surface area (Å²) in [5.74, 6) is -0.365. The monoisotopic (exact) mass is 460 g/mol. The molecule has 28 heavy (non-hydrogen) atoms. The summed E-state index contributed by atoms with van der Waals surface area (Å²) in [6, 6.07) is 5.35. The minimum absolute atomic E-state index is 0.0813. The van der Waals surface area contributed by atoms with E-state index in [1.54, 1.807) is 12.1 Å². The van der Waals surface area contributed by atoms with Crippen molar-refractivity contribution in [3.63, 3.8) is 0 Å². The highest BCUT2D eigenvalue weighted by Gasteiger charge is 2.54. The molecule has 0 amide bonds. The zero-order valence-corrected chi connectivity index (χ0v) is 18.1. The fourth-order valence-corrected chi connectivity index (χ4v) is 8.19. The summed E-state index contributed by atoms with van der Waals surface area (Å²) in [6.07, 6.45) is 3.63. The molecule has 1 saturated heterocycles. The SMILES string of the molecule is C=CCC1N(S(=O)(=O)c2cc(Cl)c(Cl)s2)c2ccc(F)cc2C12CCNCC2. The number of sulfonamides is 1. The number of thiophene rings is 1. The molecule has 1 fully saturated rings. The lowest BCUT2D eigenvalue weighted by Crippen LogP contribution is -2.51. The number of nitrogens with zero attached hydrogens (tertiary/aromatic N) is 1. The second kappa shape index (κ2) is 7.29. The molecule has 1 spiro atoms. The average molecular weight is 461 g/mol. The van der Waals surface area contributed by atoms with Crippen molar-refractivity contribution in [3.8, 4) is 0 Å². The molecule has 0 saturated carbocycles. The van der Waals surface area contributed by atoms with Gasteiger partial charge < -0.3 is 5.32 Å². The molecule has 150 valence electrons. The number of halogens is 3. The Morgan fingerprint density at radius 2 is 2.04 bits per heavy atom. The topological polar surface area (TPSA) is 49.4 Å². The number of anilines is 1. The molecule has 0 radical (unpaired) electrons. The van der Waals surface area contributed by atoms with Crippen LogP contribution in [0.5, 0.6) is 0 Å². The first-order valence-corrected chi connectivity index (χ1v) is 11.9. The molecule has 2 aliphatic rings. The summed E-state index contributed by atoms with van der Waals surface area (Å²) in [5.41, 5.74) is 0.809. The highest BCUT2D eigenvalue weighted by Crippen LogP contribution is 2.54. The van der Waals surface area contributed by atoms with Crippen LogP contribution in [0.4, 0.5) is 10.1 Å². The Morgan fingerprint density at radius 1 is 1.32 bits per heavy atom. The second-order valence-electron chi connectivity index (χ2n) is 7.10. The summed E-state index contributed by atoms with van der Waals surface area (Å²) < 4.78 is 43.2. The van der Waals surface area contributed by atoms with Gasteiger partial charge in [-0.15, -0.1) is 17.9 Å². The summed E-state index contributed by atoms with van der Waals surface area (Å²) in [7, 11) is -3.92. The van der Waals surface area contributed by atoms with E-state index in [0.717, 1.165) is 42.8 Å². The van der Waals surface area contributed by atoms with Crippen molar-refractivity contribution in [1.29, 1.82) is 0 Å². The normalized spacial score (nSPS) is 21.1. The Kier molecular flexibility index (Phi) is 5.25. The molecule has 1 atom stereocenters. The maximum Gasteiger partial charge on any atom is 0.274 e. The lowest BCUT2D eigenvalue weighted by atomic mass is 9.69. The van der Waals surface area contributed by atoms with Crippen LogP contribution in [0.15, 0.2) is 41.1 Å². The highest BCUT2D eigenvalue weighted by atomic mass is 35.5. The Hall–Kier alpha value is -1.12. The number of fused-ring (bicyclic) bond motifs is 2. The van der Waals surface area contributed by atoms with Crippen molar-refractivity contribution >= 4 is 50.2 Å². The van der Waals surface area contributed by atoms with Crippen LogP contribution in [0.2, 0.25) is 9.36 Å². The fraction of sp³-hybridized carbons (Fsp3) is 0.368. The van der Waals surface area contributed by atoms with E-state index in [2.05, 4.69) is 11.9 Å².